The third-order valence-corrected chi connectivity index (χ3v) is 7.80. The van der Waals surface area contributed by atoms with Gasteiger partial charge in [-0.15, -0.1) is 0 Å². The number of hydrogen-bond acceptors (Lipinski definition) is 3. The topological polar surface area (TPSA) is 47.0 Å². The first-order chi connectivity index (χ1) is 15.4. The van der Waals surface area contributed by atoms with Crippen LogP contribution in [0.1, 0.15) is 48.8 Å². The number of hydrogen-bond donors (Lipinski definition) is 1. The number of amides is 1. The van der Waals surface area contributed by atoms with Crippen molar-refractivity contribution >= 4 is 6.09 Å². The lowest BCUT2D eigenvalue weighted by molar-refractivity contribution is -0.128. The van der Waals surface area contributed by atoms with Crippen LogP contribution in [0.5, 0.6) is 0 Å². The second-order valence-electron chi connectivity index (χ2n) is 10.5. The number of rotatable bonds is 5. The van der Waals surface area contributed by atoms with E-state index in [1.165, 1.54) is 23.1 Å². The van der Waals surface area contributed by atoms with Gasteiger partial charge >= 0.3 is 6.09 Å². The molecule has 3 aliphatic rings. The SMILES string of the molecule is CC(C)c1ccccc1C1CN(Cc2ccccc2)CCC1N1CC2(CN(C(=O)O)C2)C1. The molecular formula is C27H35N3O2. The van der Waals surface area contributed by atoms with Gasteiger partial charge in [-0.3, -0.25) is 9.80 Å². The highest BCUT2D eigenvalue weighted by atomic mass is 16.4. The predicted molar refractivity (Wildman–Crippen MR) is 127 cm³/mol. The fourth-order valence-corrected chi connectivity index (χ4v) is 6.26. The van der Waals surface area contributed by atoms with Crippen LogP contribution in [0.25, 0.3) is 0 Å². The lowest BCUT2D eigenvalue weighted by Crippen LogP contribution is -2.75. The summed E-state index contributed by atoms with van der Waals surface area (Å²) >= 11 is 0. The first-order valence-electron chi connectivity index (χ1n) is 12.0. The molecule has 3 fully saturated rings. The average Bonchev–Trinajstić information content (AvgIpc) is 2.73. The molecule has 0 aliphatic carbocycles. The molecule has 5 nitrogen and oxygen atoms in total. The molecule has 3 heterocycles. The molecule has 3 saturated heterocycles. The molecule has 5 rings (SSSR count). The molecule has 2 unspecified atom stereocenters. The highest BCUT2D eigenvalue weighted by Crippen LogP contribution is 2.45. The molecule has 3 aliphatic heterocycles. The third kappa shape index (κ3) is 4.04. The summed E-state index contributed by atoms with van der Waals surface area (Å²) in [5, 5.41) is 9.23. The molecule has 1 N–H and O–H groups in total. The number of carbonyl (C=O) groups is 1. The van der Waals surface area contributed by atoms with E-state index in [-0.39, 0.29) is 5.41 Å². The van der Waals surface area contributed by atoms with Crippen LogP contribution in [0.3, 0.4) is 0 Å². The Morgan fingerprint density at radius 1 is 1.03 bits per heavy atom. The maximum absolute atomic E-state index is 11.2. The van der Waals surface area contributed by atoms with Crippen LogP contribution in [0.15, 0.2) is 54.6 Å². The first kappa shape index (κ1) is 21.5. The van der Waals surface area contributed by atoms with E-state index in [1.54, 1.807) is 4.90 Å². The Labute approximate surface area is 191 Å². The standard InChI is InChI=1S/C27H35N3O2/c1-20(2)22-10-6-7-11-23(22)24-15-28(14-21-8-4-3-5-9-21)13-12-25(24)29-16-27(17-29)18-30(19-27)26(31)32/h3-11,20,24-25H,12-19H2,1-2H3,(H,31,32). The summed E-state index contributed by atoms with van der Waals surface area (Å²) in [7, 11) is 0. The molecule has 1 spiro atoms. The number of likely N-dealkylation sites (tertiary alicyclic amines) is 3. The van der Waals surface area contributed by atoms with Crippen molar-refractivity contribution < 1.29 is 9.90 Å². The second kappa shape index (κ2) is 8.53. The lowest BCUT2D eigenvalue weighted by Gasteiger charge is -2.62. The van der Waals surface area contributed by atoms with Crippen LogP contribution in [-0.2, 0) is 6.54 Å². The summed E-state index contributed by atoms with van der Waals surface area (Å²) in [6.45, 7) is 11.3. The average molecular weight is 434 g/mol. The largest absolute Gasteiger partial charge is 0.465 e. The number of nitrogens with zero attached hydrogens (tertiary/aromatic N) is 3. The van der Waals surface area contributed by atoms with Crippen molar-refractivity contribution in [3.63, 3.8) is 0 Å². The van der Waals surface area contributed by atoms with Crippen LogP contribution in [0.2, 0.25) is 0 Å². The van der Waals surface area contributed by atoms with E-state index in [4.69, 9.17) is 0 Å². The summed E-state index contributed by atoms with van der Waals surface area (Å²) in [6, 6.07) is 20.4. The van der Waals surface area contributed by atoms with Gasteiger partial charge in [0, 0.05) is 63.2 Å². The Morgan fingerprint density at radius 2 is 1.72 bits per heavy atom. The smallest absolute Gasteiger partial charge is 0.407 e. The number of carboxylic acid groups (broad SMARTS) is 1. The normalized spacial score (nSPS) is 25.5. The lowest BCUT2D eigenvalue weighted by atomic mass is 9.70. The molecule has 1 amide bonds. The van der Waals surface area contributed by atoms with Crippen molar-refractivity contribution in [2.75, 3.05) is 39.3 Å². The molecule has 2 atom stereocenters. The van der Waals surface area contributed by atoms with Crippen LogP contribution >= 0.6 is 0 Å². The van der Waals surface area contributed by atoms with E-state index in [0.29, 0.717) is 31.0 Å². The third-order valence-electron chi connectivity index (χ3n) is 7.80. The minimum Gasteiger partial charge on any atom is -0.465 e. The highest BCUT2D eigenvalue weighted by molar-refractivity contribution is 5.66. The predicted octanol–water partition coefficient (Wildman–Crippen LogP) is 4.46. The molecule has 2 aromatic carbocycles. The van der Waals surface area contributed by atoms with Gasteiger partial charge in [0.05, 0.1) is 0 Å². The quantitative estimate of drug-likeness (QED) is 0.756. The molecule has 2 aromatic rings. The first-order valence-corrected chi connectivity index (χ1v) is 12.0. The van der Waals surface area contributed by atoms with Crippen molar-refractivity contribution in [1.82, 2.24) is 14.7 Å². The molecule has 0 bridgehead atoms. The van der Waals surface area contributed by atoms with Crippen molar-refractivity contribution in [1.29, 1.82) is 0 Å². The van der Waals surface area contributed by atoms with Gasteiger partial charge in [0.2, 0.25) is 0 Å². The summed E-state index contributed by atoms with van der Waals surface area (Å²) in [6.07, 6.45) is 0.398. The second-order valence-corrected chi connectivity index (χ2v) is 10.5. The van der Waals surface area contributed by atoms with Gasteiger partial charge in [-0.05, 0) is 29.0 Å². The Morgan fingerprint density at radius 3 is 2.41 bits per heavy atom. The summed E-state index contributed by atoms with van der Waals surface area (Å²) in [4.78, 5) is 18.1. The summed E-state index contributed by atoms with van der Waals surface area (Å²) in [5.41, 5.74) is 4.57. The Balaban J connectivity index is 1.34. The monoisotopic (exact) mass is 433 g/mol. The van der Waals surface area contributed by atoms with Gasteiger partial charge in [0.1, 0.15) is 0 Å². The molecule has 0 radical (unpaired) electrons. The minimum absolute atomic E-state index is 0.210. The van der Waals surface area contributed by atoms with Crippen LogP contribution < -0.4 is 0 Å². The molecule has 0 saturated carbocycles. The fraction of sp³-hybridized carbons (Fsp3) is 0.519. The van der Waals surface area contributed by atoms with E-state index in [2.05, 4.69) is 78.2 Å². The molecule has 5 heteroatoms. The molecular weight excluding hydrogens is 398 g/mol. The van der Waals surface area contributed by atoms with Crippen LogP contribution in [-0.4, -0.2) is 71.2 Å². The Hall–Kier alpha value is -2.37. The zero-order valence-corrected chi connectivity index (χ0v) is 19.3. The van der Waals surface area contributed by atoms with Gasteiger partial charge in [0.25, 0.3) is 0 Å². The number of piperidine rings is 1. The van der Waals surface area contributed by atoms with Gasteiger partial charge in [-0.2, -0.15) is 0 Å². The van der Waals surface area contributed by atoms with Crippen molar-refractivity contribution in [3.05, 3.63) is 71.3 Å². The van der Waals surface area contributed by atoms with E-state index >= 15 is 0 Å². The molecule has 0 aromatic heterocycles. The van der Waals surface area contributed by atoms with Gasteiger partial charge in [-0.25, -0.2) is 4.79 Å². The number of benzene rings is 2. The van der Waals surface area contributed by atoms with Crippen molar-refractivity contribution in [2.24, 2.45) is 5.41 Å². The van der Waals surface area contributed by atoms with E-state index in [0.717, 1.165) is 32.7 Å². The Kier molecular flexibility index (Phi) is 5.72. The summed E-state index contributed by atoms with van der Waals surface area (Å²) < 4.78 is 0. The maximum Gasteiger partial charge on any atom is 0.407 e. The highest BCUT2D eigenvalue weighted by Gasteiger charge is 2.55. The van der Waals surface area contributed by atoms with Crippen LogP contribution in [0.4, 0.5) is 4.79 Å². The zero-order chi connectivity index (χ0) is 22.3. The maximum atomic E-state index is 11.2. The van der Waals surface area contributed by atoms with Crippen LogP contribution in [0, 0.1) is 5.41 Å². The zero-order valence-electron chi connectivity index (χ0n) is 19.3. The van der Waals surface area contributed by atoms with E-state index in [9.17, 15) is 9.90 Å². The Bertz CT molecular complexity index is 946. The summed E-state index contributed by atoms with van der Waals surface area (Å²) in [5.74, 6) is 0.994. The van der Waals surface area contributed by atoms with E-state index in [1.807, 2.05) is 0 Å². The molecule has 32 heavy (non-hydrogen) atoms. The minimum atomic E-state index is -0.771. The molecule has 170 valence electrons. The van der Waals surface area contributed by atoms with Gasteiger partial charge in [-0.1, -0.05) is 68.4 Å². The van der Waals surface area contributed by atoms with E-state index < -0.39 is 6.09 Å². The fourth-order valence-electron chi connectivity index (χ4n) is 6.26. The van der Waals surface area contributed by atoms with Gasteiger partial charge in [0.15, 0.2) is 0 Å². The van der Waals surface area contributed by atoms with Gasteiger partial charge < -0.3 is 10.0 Å². The van der Waals surface area contributed by atoms with Crippen molar-refractivity contribution in [3.8, 4) is 0 Å². The van der Waals surface area contributed by atoms with Crippen molar-refractivity contribution in [2.45, 2.75) is 44.7 Å².